The van der Waals surface area contributed by atoms with Crippen molar-refractivity contribution < 1.29 is 4.74 Å². The van der Waals surface area contributed by atoms with Crippen LogP contribution in [0.4, 0.5) is 0 Å². The first kappa shape index (κ1) is 12.1. The van der Waals surface area contributed by atoms with Crippen molar-refractivity contribution in [1.82, 2.24) is 0 Å². The molecule has 0 N–H and O–H groups in total. The number of ether oxygens (including phenoxy) is 1. The SMILES string of the molecule is COc1ccc(CC(C)C(C)(C)C)cc1. The molecular weight excluding hydrogens is 184 g/mol. The molecule has 0 aromatic heterocycles. The minimum atomic E-state index is 0.375. The van der Waals surface area contributed by atoms with Gasteiger partial charge in [0.2, 0.25) is 0 Å². The summed E-state index contributed by atoms with van der Waals surface area (Å²) in [6.45, 7) is 9.19. The van der Waals surface area contributed by atoms with Gasteiger partial charge >= 0.3 is 0 Å². The molecule has 15 heavy (non-hydrogen) atoms. The van der Waals surface area contributed by atoms with Crippen molar-refractivity contribution in [1.29, 1.82) is 0 Å². The second-order valence-electron chi connectivity index (χ2n) is 5.32. The molecule has 1 unspecified atom stereocenters. The lowest BCUT2D eigenvalue weighted by atomic mass is 9.78. The normalized spacial score (nSPS) is 13.7. The fourth-order valence-corrected chi connectivity index (χ4v) is 1.42. The molecule has 1 heteroatoms. The maximum Gasteiger partial charge on any atom is 0.118 e. The van der Waals surface area contributed by atoms with Crippen LogP contribution < -0.4 is 4.74 Å². The fraction of sp³-hybridized carbons (Fsp3) is 0.571. The zero-order chi connectivity index (χ0) is 11.5. The highest BCUT2D eigenvalue weighted by molar-refractivity contribution is 5.27. The molecule has 0 amide bonds. The highest BCUT2D eigenvalue weighted by atomic mass is 16.5. The molecule has 0 aliphatic carbocycles. The molecule has 0 bridgehead atoms. The van der Waals surface area contributed by atoms with E-state index in [9.17, 15) is 0 Å². The minimum Gasteiger partial charge on any atom is -0.497 e. The highest BCUT2D eigenvalue weighted by Gasteiger charge is 2.19. The molecule has 0 fully saturated rings. The second-order valence-corrected chi connectivity index (χ2v) is 5.32. The summed E-state index contributed by atoms with van der Waals surface area (Å²) in [4.78, 5) is 0. The van der Waals surface area contributed by atoms with Crippen molar-refractivity contribution >= 4 is 0 Å². The van der Waals surface area contributed by atoms with E-state index in [1.165, 1.54) is 5.56 Å². The molecule has 84 valence electrons. The summed E-state index contributed by atoms with van der Waals surface area (Å²) in [5, 5.41) is 0. The van der Waals surface area contributed by atoms with Gasteiger partial charge in [0.1, 0.15) is 5.75 Å². The van der Waals surface area contributed by atoms with Crippen LogP contribution in [0.3, 0.4) is 0 Å². The average molecular weight is 206 g/mol. The molecule has 0 radical (unpaired) electrons. The van der Waals surface area contributed by atoms with E-state index in [1.807, 2.05) is 12.1 Å². The number of hydrogen-bond acceptors (Lipinski definition) is 1. The zero-order valence-electron chi connectivity index (χ0n) is 10.5. The Balaban J connectivity index is 2.65. The van der Waals surface area contributed by atoms with Crippen molar-refractivity contribution in [3.63, 3.8) is 0 Å². The molecule has 0 saturated heterocycles. The third-order valence-electron chi connectivity index (χ3n) is 3.18. The Hall–Kier alpha value is -0.980. The van der Waals surface area contributed by atoms with Crippen molar-refractivity contribution in [2.45, 2.75) is 34.1 Å². The lowest BCUT2D eigenvalue weighted by Gasteiger charge is -2.27. The molecule has 0 heterocycles. The van der Waals surface area contributed by atoms with Crippen molar-refractivity contribution in [3.8, 4) is 5.75 Å². The number of benzene rings is 1. The smallest absolute Gasteiger partial charge is 0.118 e. The van der Waals surface area contributed by atoms with Crippen molar-refractivity contribution in [2.24, 2.45) is 11.3 Å². The number of methoxy groups -OCH3 is 1. The summed E-state index contributed by atoms with van der Waals surface area (Å²) in [5.41, 5.74) is 1.76. The van der Waals surface area contributed by atoms with Gasteiger partial charge in [-0.2, -0.15) is 0 Å². The summed E-state index contributed by atoms with van der Waals surface area (Å²) >= 11 is 0. The van der Waals surface area contributed by atoms with Crippen LogP contribution in [0, 0.1) is 11.3 Å². The second kappa shape index (κ2) is 4.69. The Kier molecular flexibility index (Phi) is 3.78. The van der Waals surface area contributed by atoms with Gasteiger partial charge in [0.25, 0.3) is 0 Å². The van der Waals surface area contributed by atoms with Crippen molar-refractivity contribution in [3.05, 3.63) is 29.8 Å². The van der Waals surface area contributed by atoms with Crippen LogP contribution in [0.2, 0.25) is 0 Å². The van der Waals surface area contributed by atoms with Gasteiger partial charge in [0.15, 0.2) is 0 Å². The van der Waals surface area contributed by atoms with Gasteiger partial charge in [-0.3, -0.25) is 0 Å². The predicted molar refractivity (Wildman–Crippen MR) is 65.3 cm³/mol. The molecule has 0 saturated carbocycles. The lowest BCUT2D eigenvalue weighted by Crippen LogP contribution is -2.19. The summed E-state index contributed by atoms with van der Waals surface area (Å²) in [6.07, 6.45) is 1.13. The first-order valence-corrected chi connectivity index (χ1v) is 5.56. The van der Waals surface area contributed by atoms with Crippen LogP contribution in [0.5, 0.6) is 5.75 Å². The van der Waals surface area contributed by atoms with Gasteiger partial charge in [-0.15, -0.1) is 0 Å². The third kappa shape index (κ3) is 3.58. The molecule has 1 rings (SSSR count). The van der Waals surface area contributed by atoms with Gasteiger partial charge in [0, 0.05) is 0 Å². The maximum absolute atomic E-state index is 5.14. The van der Waals surface area contributed by atoms with E-state index in [2.05, 4.69) is 39.8 Å². The summed E-state index contributed by atoms with van der Waals surface area (Å²) < 4.78 is 5.14. The van der Waals surface area contributed by atoms with E-state index in [-0.39, 0.29) is 0 Å². The van der Waals surface area contributed by atoms with E-state index in [1.54, 1.807) is 7.11 Å². The minimum absolute atomic E-state index is 0.375. The van der Waals surface area contributed by atoms with E-state index in [0.29, 0.717) is 11.3 Å². The summed E-state index contributed by atoms with van der Waals surface area (Å²) in [5.74, 6) is 1.62. The van der Waals surface area contributed by atoms with Crippen LogP contribution in [0.25, 0.3) is 0 Å². The zero-order valence-corrected chi connectivity index (χ0v) is 10.5. The largest absolute Gasteiger partial charge is 0.497 e. The van der Waals surface area contributed by atoms with Crippen LogP contribution in [0.15, 0.2) is 24.3 Å². The quantitative estimate of drug-likeness (QED) is 0.728. The molecule has 0 aliphatic heterocycles. The number of rotatable bonds is 3. The maximum atomic E-state index is 5.14. The van der Waals surface area contributed by atoms with Gasteiger partial charge in [0.05, 0.1) is 7.11 Å². The Morgan fingerprint density at radius 3 is 2.07 bits per heavy atom. The molecule has 0 aliphatic rings. The van der Waals surface area contributed by atoms with Crippen molar-refractivity contribution in [2.75, 3.05) is 7.11 Å². The average Bonchev–Trinajstić information content (AvgIpc) is 2.17. The van der Waals surface area contributed by atoms with Gasteiger partial charge in [-0.25, -0.2) is 0 Å². The monoisotopic (exact) mass is 206 g/mol. The van der Waals surface area contributed by atoms with E-state index in [0.717, 1.165) is 12.2 Å². The molecule has 1 nitrogen and oxygen atoms in total. The van der Waals surface area contributed by atoms with Gasteiger partial charge < -0.3 is 4.74 Å². The van der Waals surface area contributed by atoms with E-state index < -0.39 is 0 Å². The van der Waals surface area contributed by atoms with Gasteiger partial charge in [-0.1, -0.05) is 39.8 Å². The summed E-state index contributed by atoms with van der Waals surface area (Å²) in [6, 6.07) is 8.37. The Bertz CT molecular complexity index is 292. The standard InChI is InChI=1S/C14H22O/c1-11(14(2,3)4)10-12-6-8-13(15-5)9-7-12/h6-9,11H,10H2,1-5H3. The van der Waals surface area contributed by atoms with Gasteiger partial charge in [-0.05, 0) is 35.4 Å². The Morgan fingerprint density at radius 2 is 1.67 bits per heavy atom. The molecule has 0 spiro atoms. The van der Waals surface area contributed by atoms with Crippen LogP contribution in [0.1, 0.15) is 33.3 Å². The Labute approximate surface area is 93.5 Å². The van der Waals surface area contributed by atoms with E-state index in [4.69, 9.17) is 4.74 Å². The molecule has 1 aromatic carbocycles. The van der Waals surface area contributed by atoms with Crippen LogP contribution in [-0.2, 0) is 6.42 Å². The lowest BCUT2D eigenvalue weighted by molar-refractivity contribution is 0.260. The summed E-state index contributed by atoms with van der Waals surface area (Å²) in [7, 11) is 1.70. The topological polar surface area (TPSA) is 9.23 Å². The molecule has 1 atom stereocenters. The van der Waals surface area contributed by atoms with Crippen LogP contribution in [-0.4, -0.2) is 7.11 Å². The predicted octanol–water partition coefficient (Wildman–Crippen LogP) is 3.92. The Morgan fingerprint density at radius 1 is 1.13 bits per heavy atom. The number of hydrogen-bond donors (Lipinski definition) is 0. The molecule has 1 aromatic rings. The third-order valence-corrected chi connectivity index (χ3v) is 3.18. The molecular formula is C14H22O. The highest BCUT2D eigenvalue weighted by Crippen LogP contribution is 2.28. The first-order valence-electron chi connectivity index (χ1n) is 5.56. The fourth-order valence-electron chi connectivity index (χ4n) is 1.42. The first-order chi connectivity index (χ1) is 6.93. The van der Waals surface area contributed by atoms with Crippen LogP contribution >= 0.6 is 0 Å². The van der Waals surface area contributed by atoms with E-state index >= 15 is 0 Å².